The molecule has 9 heteroatoms. The topological polar surface area (TPSA) is 93.7 Å². The van der Waals surface area contributed by atoms with E-state index in [0.717, 1.165) is 0 Å². The molecule has 0 spiro atoms. The first-order valence-electron chi connectivity index (χ1n) is 8.75. The van der Waals surface area contributed by atoms with Crippen LogP contribution in [0, 0.1) is 5.92 Å². The third-order valence-corrected chi connectivity index (χ3v) is 5.82. The van der Waals surface area contributed by atoms with Gasteiger partial charge in [-0.1, -0.05) is 31.5 Å². The number of hydrogen-bond acceptors (Lipinski definition) is 5. The van der Waals surface area contributed by atoms with Crippen LogP contribution in [0.15, 0.2) is 47.4 Å². The highest BCUT2D eigenvalue weighted by molar-refractivity contribution is 7.89. The number of nitrogens with one attached hydrogen (secondary N) is 2. The van der Waals surface area contributed by atoms with E-state index in [9.17, 15) is 13.2 Å². The van der Waals surface area contributed by atoms with Gasteiger partial charge in [0.2, 0.25) is 15.9 Å². The molecule has 150 valence electrons. The van der Waals surface area contributed by atoms with Crippen LogP contribution >= 0.6 is 11.6 Å². The van der Waals surface area contributed by atoms with Gasteiger partial charge in [0.15, 0.2) is 11.5 Å². The molecule has 1 aliphatic heterocycles. The fraction of sp³-hybridized carbons (Fsp3) is 0.316. The number of hydrogen-bond donors (Lipinski definition) is 2. The summed E-state index contributed by atoms with van der Waals surface area (Å²) >= 11 is 5.93. The first-order valence-corrected chi connectivity index (χ1v) is 10.6. The van der Waals surface area contributed by atoms with E-state index >= 15 is 0 Å². The number of carbonyl (C=O) groups excluding carboxylic acids is 1. The van der Waals surface area contributed by atoms with Gasteiger partial charge in [0, 0.05) is 16.8 Å². The molecule has 7 nitrogen and oxygen atoms in total. The number of amides is 1. The Morgan fingerprint density at radius 3 is 2.46 bits per heavy atom. The third-order valence-electron chi connectivity index (χ3n) is 4.15. The summed E-state index contributed by atoms with van der Waals surface area (Å²) in [6, 6.07) is 10.0. The molecule has 0 aliphatic carbocycles. The Morgan fingerprint density at radius 1 is 1.07 bits per heavy atom. The summed E-state index contributed by atoms with van der Waals surface area (Å²) in [6.45, 7) is 4.28. The van der Waals surface area contributed by atoms with E-state index in [4.69, 9.17) is 21.1 Å². The summed E-state index contributed by atoms with van der Waals surface area (Å²) in [5, 5.41) is 3.16. The fourth-order valence-corrected chi connectivity index (χ4v) is 4.25. The molecule has 0 aromatic heterocycles. The molecule has 28 heavy (non-hydrogen) atoms. The second kappa shape index (κ2) is 8.38. The van der Waals surface area contributed by atoms with E-state index in [1.165, 1.54) is 12.1 Å². The van der Waals surface area contributed by atoms with Crippen LogP contribution in [0.5, 0.6) is 11.5 Å². The second-order valence-corrected chi connectivity index (χ2v) is 8.80. The van der Waals surface area contributed by atoms with E-state index in [2.05, 4.69) is 10.0 Å². The average molecular weight is 425 g/mol. The Kier molecular flexibility index (Phi) is 6.12. The van der Waals surface area contributed by atoms with Crippen molar-refractivity contribution in [3.63, 3.8) is 0 Å². The maximum absolute atomic E-state index is 12.8. The smallest absolute Gasteiger partial charge is 0.242 e. The minimum Gasteiger partial charge on any atom is -0.486 e. The molecule has 2 N–H and O–H groups in total. The monoisotopic (exact) mass is 424 g/mol. The van der Waals surface area contributed by atoms with Crippen molar-refractivity contribution in [3.8, 4) is 11.5 Å². The molecule has 0 saturated carbocycles. The van der Waals surface area contributed by atoms with Crippen molar-refractivity contribution >= 4 is 33.2 Å². The number of benzene rings is 2. The first kappa shape index (κ1) is 20.4. The summed E-state index contributed by atoms with van der Waals surface area (Å²) < 4.78 is 39.0. The van der Waals surface area contributed by atoms with Gasteiger partial charge in [-0.15, -0.1) is 0 Å². The standard InChI is InChI=1S/C19H21ClN2O5S/c1-12(2)18(19(23)21-14-5-3-4-13(20)10-14)22-28(24,25)15-6-7-16-17(11-15)27-9-8-26-16/h3-7,10-12,18,22H,8-9H2,1-2H3,(H,21,23). The van der Waals surface area contributed by atoms with Crippen LogP contribution in [0.25, 0.3) is 0 Å². The van der Waals surface area contributed by atoms with Gasteiger partial charge in [-0.2, -0.15) is 4.72 Å². The Hall–Kier alpha value is -2.29. The van der Waals surface area contributed by atoms with Gasteiger partial charge < -0.3 is 14.8 Å². The van der Waals surface area contributed by atoms with Crippen LogP contribution in [0.4, 0.5) is 5.69 Å². The zero-order chi connectivity index (χ0) is 20.3. The summed E-state index contributed by atoms with van der Waals surface area (Å²) in [5.74, 6) is 0.0902. The van der Waals surface area contributed by atoms with E-state index in [1.807, 2.05) is 0 Å². The average Bonchev–Trinajstić information content (AvgIpc) is 2.65. The van der Waals surface area contributed by atoms with E-state index in [1.54, 1.807) is 44.2 Å². The molecule has 1 atom stereocenters. The van der Waals surface area contributed by atoms with E-state index in [-0.39, 0.29) is 10.8 Å². The molecular formula is C19H21ClN2O5S. The molecule has 1 heterocycles. The Balaban J connectivity index is 1.80. The molecule has 0 bridgehead atoms. The number of fused-ring (bicyclic) bond motifs is 1. The number of rotatable bonds is 6. The molecule has 1 aliphatic rings. The van der Waals surface area contributed by atoms with Crippen LogP contribution in [-0.4, -0.2) is 33.6 Å². The fourth-order valence-electron chi connectivity index (χ4n) is 2.70. The second-order valence-electron chi connectivity index (χ2n) is 6.65. The highest BCUT2D eigenvalue weighted by Gasteiger charge is 2.29. The SMILES string of the molecule is CC(C)C(NS(=O)(=O)c1ccc2c(c1)OCCO2)C(=O)Nc1cccc(Cl)c1. The largest absolute Gasteiger partial charge is 0.486 e. The maximum atomic E-state index is 12.8. The minimum atomic E-state index is -3.96. The van der Waals surface area contributed by atoms with Crippen LogP contribution < -0.4 is 19.5 Å². The van der Waals surface area contributed by atoms with Gasteiger partial charge in [0.1, 0.15) is 19.3 Å². The third kappa shape index (κ3) is 4.76. The summed E-state index contributed by atoms with van der Waals surface area (Å²) in [7, 11) is -3.96. The normalized spacial score (nSPS) is 14.6. The summed E-state index contributed by atoms with van der Waals surface area (Å²) in [5.41, 5.74) is 0.488. The zero-order valence-corrected chi connectivity index (χ0v) is 17.0. The summed E-state index contributed by atoms with van der Waals surface area (Å²) in [6.07, 6.45) is 0. The van der Waals surface area contributed by atoms with Gasteiger partial charge in [-0.05, 0) is 36.2 Å². The maximum Gasteiger partial charge on any atom is 0.242 e. The molecule has 0 saturated heterocycles. The molecule has 0 radical (unpaired) electrons. The van der Waals surface area contributed by atoms with Crippen molar-refractivity contribution in [2.24, 2.45) is 5.92 Å². The van der Waals surface area contributed by atoms with Gasteiger partial charge in [0.25, 0.3) is 0 Å². The van der Waals surface area contributed by atoms with Gasteiger partial charge in [-0.25, -0.2) is 8.42 Å². The molecule has 2 aromatic carbocycles. The van der Waals surface area contributed by atoms with Crippen molar-refractivity contribution in [2.45, 2.75) is 24.8 Å². The molecule has 0 fully saturated rings. The van der Waals surface area contributed by atoms with Crippen LogP contribution in [0.3, 0.4) is 0 Å². The molecule has 1 unspecified atom stereocenters. The van der Waals surface area contributed by atoms with E-state index < -0.39 is 22.0 Å². The highest BCUT2D eigenvalue weighted by Crippen LogP contribution is 2.32. The van der Waals surface area contributed by atoms with Gasteiger partial charge in [-0.3, -0.25) is 4.79 Å². The summed E-state index contributed by atoms with van der Waals surface area (Å²) in [4.78, 5) is 12.7. The van der Waals surface area contributed by atoms with Crippen LogP contribution in [0.1, 0.15) is 13.8 Å². The van der Waals surface area contributed by atoms with Crippen molar-refractivity contribution in [2.75, 3.05) is 18.5 Å². The molecular weight excluding hydrogens is 404 g/mol. The first-order chi connectivity index (χ1) is 13.3. The van der Waals surface area contributed by atoms with Gasteiger partial charge in [0.05, 0.1) is 4.90 Å². The number of sulfonamides is 1. The number of anilines is 1. The lowest BCUT2D eigenvalue weighted by Gasteiger charge is -2.23. The lowest BCUT2D eigenvalue weighted by atomic mass is 10.0. The predicted molar refractivity (Wildman–Crippen MR) is 106 cm³/mol. The van der Waals surface area contributed by atoms with Crippen molar-refractivity contribution in [1.82, 2.24) is 4.72 Å². The number of halogens is 1. The van der Waals surface area contributed by atoms with Crippen molar-refractivity contribution in [3.05, 3.63) is 47.5 Å². The Labute approximate surface area is 169 Å². The Bertz CT molecular complexity index is 978. The minimum absolute atomic E-state index is 0.00189. The lowest BCUT2D eigenvalue weighted by Crippen LogP contribution is -2.47. The van der Waals surface area contributed by atoms with Crippen molar-refractivity contribution in [1.29, 1.82) is 0 Å². The molecule has 3 rings (SSSR count). The predicted octanol–water partition coefficient (Wildman–Crippen LogP) is 3.05. The Morgan fingerprint density at radius 2 is 1.79 bits per heavy atom. The molecule has 1 amide bonds. The lowest BCUT2D eigenvalue weighted by molar-refractivity contribution is -0.118. The number of carbonyl (C=O) groups is 1. The van der Waals surface area contributed by atoms with E-state index in [0.29, 0.717) is 35.4 Å². The molecule has 2 aromatic rings. The van der Waals surface area contributed by atoms with Crippen molar-refractivity contribution < 1.29 is 22.7 Å². The quantitative estimate of drug-likeness (QED) is 0.743. The zero-order valence-electron chi connectivity index (χ0n) is 15.4. The number of ether oxygens (including phenoxy) is 2. The van der Waals surface area contributed by atoms with Crippen LogP contribution in [0.2, 0.25) is 5.02 Å². The highest BCUT2D eigenvalue weighted by atomic mass is 35.5. The van der Waals surface area contributed by atoms with Crippen LogP contribution in [-0.2, 0) is 14.8 Å². The van der Waals surface area contributed by atoms with Gasteiger partial charge >= 0.3 is 0 Å².